The monoisotopic (exact) mass is 340 g/mol. The van der Waals surface area contributed by atoms with Gasteiger partial charge in [-0.25, -0.2) is 4.68 Å². The van der Waals surface area contributed by atoms with Crippen LogP contribution in [0.3, 0.4) is 0 Å². The molecule has 0 saturated carbocycles. The molecule has 0 fully saturated rings. The third-order valence-electron chi connectivity index (χ3n) is 2.91. The predicted octanol–water partition coefficient (Wildman–Crippen LogP) is 4.09. The van der Waals surface area contributed by atoms with Gasteiger partial charge < -0.3 is 4.42 Å². The van der Waals surface area contributed by atoms with Crippen LogP contribution in [-0.2, 0) is 6.18 Å². The predicted molar refractivity (Wildman–Crippen MR) is 77.2 cm³/mol. The van der Waals surface area contributed by atoms with Crippen LogP contribution in [0.4, 0.5) is 13.2 Å². The van der Waals surface area contributed by atoms with Gasteiger partial charge in [0.15, 0.2) is 0 Å². The second-order valence-electron chi connectivity index (χ2n) is 4.48. The van der Waals surface area contributed by atoms with Crippen LogP contribution in [-0.4, -0.2) is 21.1 Å². The van der Waals surface area contributed by atoms with Gasteiger partial charge in [-0.2, -0.15) is 18.3 Å². The molecule has 3 rings (SSSR count). The molecule has 23 heavy (non-hydrogen) atoms. The van der Waals surface area contributed by atoms with Crippen LogP contribution in [0.15, 0.2) is 52.5 Å². The lowest BCUT2D eigenvalue weighted by Gasteiger charge is -2.09. The molecule has 0 aliphatic carbocycles. The van der Waals surface area contributed by atoms with Crippen LogP contribution in [0.2, 0.25) is 5.02 Å². The summed E-state index contributed by atoms with van der Waals surface area (Å²) in [5.41, 5.74) is -0.640. The van der Waals surface area contributed by atoms with E-state index in [9.17, 15) is 13.2 Å². The summed E-state index contributed by atoms with van der Waals surface area (Å²) < 4.78 is 45.4. The van der Waals surface area contributed by atoms with E-state index >= 15 is 0 Å². The van der Waals surface area contributed by atoms with Gasteiger partial charge in [0.1, 0.15) is 24.2 Å². The lowest BCUT2D eigenvalue weighted by molar-refractivity contribution is -0.137. The molecule has 2 aromatic heterocycles. The molecule has 9 heteroatoms. The Hall–Kier alpha value is -2.61. The fraction of sp³-hybridized carbons (Fsp3) is 0.0714. The quantitative estimate of drug-likeness (QED) is 0.675. The Labute approximate surface area is 133 Å². The molecule has 0 N–H and O–H groups in total. The van der Waals surface area contributed by atoms with E-state index in [4.69, 9.17) is 16.0 Å². The SMILES string of the molecule is FC(F)(F)c1cc(-c2ccc(/C=N\n3cnnc3)o2)ccc1Cl. The molecule has 0 atom stereocenters. The van der Waals surface area contributed by atoms with Gasteiger partial charge in [0, 0.05) is 5.56 Å². The number of benzene rings is 1. The van der Waals surface area contributed by atoms with Crippen molar-refractivity contribution in [3.63, 3.8) is 0 Å². The van der Waals surface area contributed by atoms with E-state index in [1.165, 1.54) is 35.7 Å². The Morgan fingerprint density at radius 2 is 1.87 bits per heavy atom. The van der Waals surface area contributed by atoms with E-state index in [1.807, 2.05) is 0 Å². The second-order valence-corrected chi connectivity index (χ2v) is 4.89. The Morgan fingerprint density at radius 3 is 2.57 bits per heavy atom. The zero-order valence-corrected chi connectivity index (χ0v) is 12.1. The molecule has 5 nitrogen and oxygen atoms in total. The van der Waals surface area contributed by atoms with Crippen molar-refractivity contribution in [2.24, 2.45) is 5.10 Å². The summed E-state index contributed by atoms with van der Waals surface area (Å²) in [7, 11) is 0. The maximum Gasteiger partial charge on any atom is 0.417 e. The van der Waals surface area contributed by atoms with E-state index in [0.717, 1.165) is 6.07 Å². The first kappa shape index (κ1) is 15.3. The standard InChI is InChI=1S/C14H8ClF3N4O/c15-12-3-1-9(5-11(12)14(16,17)18)13-4-2-10(23-13)6-21-22-7-19-20-8-22/h1-8H/b21-6-. The van der Waals surface area contributed by atoms with Crippen LogP contribution in [0.25, 0.3) is 11.3 Å². The van der Waals surface area contributed by atoms with Crippen LogP contribution >= 0.6 is 11.6 Å². The van der Waals surface area contributed by atoms with Crippen molar-refractivity contribution in [2.75, 3.05) is 0 Å². The summed E-state index contributed by atoms with van der Waals surface area (Å²) in [5, 5.41) is 10.8. The summed E-state index contributed by atoms with van der Waals surface area (Å²) in [4.78, 5) is 0. The summed E-state index contributed by atoms with van der Waals surface area (Å²) in [6.07, 6.45) is -0.365. The molecule has 0 radical (unpaired) electrons. The van der Waals surface area contributed by atoms with Crippen LogP contribution in [0, 0.1) is 0 Å². The first-order chi connectivity index (χ1) is 10.9. The molecular formula is C14H8ClF3N4O. The summed E-state index contributed by atoms with van der Waals surface area (Å²) in [6, 6.07) is 6.73. The van der Waals surface area contributed by atoms with Gasteiger partial charge in [0.05, 0.1) is 16.8 Å². The second kappa shape index (κ2) is 5.88. The lowest BCUT2D eigenvalue weighted by atomic mass is 10.1. The van der Waals surface area contributed by atoms with Gasteiger partial charge in [0.2, 0.25) is 0 Å². The number of alkyl halides is 3. The number of nitrogens with zero attached hydrogens (tertiary/aromatic N) is 4. The Morgan fingerprint density at radius 1 is 1.13 bits per heavy atom. The van der Waals surface area contributed by atoms with Crippen LogP contribution < -0.4 is 0 Å². The largest absolute Gasteiger partial charge is 0.455 e. The topological polar surface area (TPSA) is 56.2 Å². The van der Waals surface area contributed by atoms with Gasteiger partial charge in [-0.05, 0) is 30.3 Å². The van der Waals surface area contributed by atoms with Gasteiger partial charge in [-0.1, -0.05) is 11.6 Å². The van der Waals surface area contributed by atoms with E-state index in [-0.39, 0.29) is 16.3 Å². The van der Waals surface area contributed by atoms with Gasteiger partial charge in [-0.3, -0.25) is 0 Å². The molecule has 1 aromatic carbocycles. The van der Waals surface area contributed by atoms with E-state index < -0.39 is 11.7 Å². The van der Waals surface area contributed by atoms with Gasteiger partial charge in [-0.15, -0.1) is 10.2 Å². The first-order valence-electron chi connectivity index (χ1n) is 6.29. The van der Waals surface area contributed by atoms with Gasteiger partial charge >= 0.3 is 6.18 Å². The molecule has 0 spiro atoms. The molecule has 118 valence electrons. The van der Waals surface area contributed by atoms with E-state index in [1.54, 1.807) is 12.1 Å². The van der Waals surface area contributed by atoms with E-state index in [0.29, 0.717) is 5.76 Å². The number of rotatable bonds is 3. The minimum absolute atomic E-state index is 0.269. The fourth-order valence-corrected chi connectivity index (χ4v) is 2.08. The normalized spacial score (nSPS) is 12.2. The number of halogens is 4. The number of furan rings is 1. The Kier molecular flexibility index (Phi) is 3.91. The Balaban J connectivity index is 1.89. The minimum Gasteiger partial charge on any atom is -0.455 e. The highest BCUT2D eigenvalue weighted by Gasteiger charge is 2.33. The molecular weight excluding hydrogens is 333 g/mol. The van der Waals surface area contributed by atoms with Crippen molar-refractivity contribution >= 4 is 17.8 Å². The summed E-state index contributed by atoms with van der Waals surface area (Å²) in [6.45, 7) is 0. The highest BCUT2D eigenvalue weighted by Crippen LogP contribution is 2.37. The highest BCUT2D eigenvalue weighted by molar-refractivity contribution is 6.31. The van der Waals surface area contributed by atoms with Crippen molar-refractivity contribution in [3.05, 3.63) is 59.3 Å². The van der Waals surface area contributed by atoms with Crippen molar-refractivity contribution < 1.29 is 17.6 Å². The zero-order valence-electron chi connectivity index (χ0n) is 11.3. The number of hydrogen-bond acceptors (Lipinski definition) is 4. The lowest BCUT2D eigenvalue weighted by Crippen LogP contribution is -2.05. The molecule has 3 aromatic rings. The maximum absolute atomic E-state index is 12.9. The minimum atomic E-state index is -4.53. The summed E-state index contributed by atoms with van der Waals surface area (Å²) >= 11 is 5.59. The molecule has 0 aliphatic rings. The molecule has 0 saturated heterocycles. The van der Waals surface area contributed by atoms with Gasteiger partial charge in [0.25, 0.3) is 0 Å². The first-order valence-corrected chi connectivity index (χ1v) is 6.67. The maximum atomic E-state index is 12.9. The molecule has 0 amide bonds. The highest BCUT2D eigenvalue weighted by atomic mass is 35.5. The van der Waals surface area contributed by atoms with Crippen LogP contribution in [0.1, 0.15) is 11.3 Å². The van der Waals surface area contributed by atoms with Crippen molar-refractivity contribution in [3.8, 4) is 11.3 Å². The average Bonchev–Trinajstić information content (AvgIpc) is 3.16. The number of aromatic nitrogens is 3. The van der Waals surface area contributed by atoms with Crippen molar-refractivity contribution in [1.29, 1.82) is 0 Å². The summed E-state index contributed by atoms with van der Waals surface area (Å²) in [5.74, 6) is 0.648. The number of hydrogen-bond donors (Lipinski definition) is 0. The van der Waals surface area contributed by atoms with E-state index in [2.05, 4.69) is 15.3 Å². The zero-order chi connectivity index (χ0) is 16.4. The smallest absolute Gasteiger partial charge is 0.417 e. The van der Waals surface area contributed by atoms with Crippen molar-refractivity contribution in [1.82, 2.24) is 14.9 Å². The Bertz CT molecular complexity index is 840. The molecule has 0 aliphatic heterocycles. The molecule has 0 bridgehead atoms. The average molecular weight is 341 g/mol. The fourth-order valence-electron chi connectivity index (χ4n) is 1.85. The molecule has 2 heterocycles. The molecule has 0 unspecified atom stereocenters. The third kappa shape index (κ3) is 3.42. The van der Waals surface area contributed by atoms with Crippen molar-refractivity contribution in [2.45, 2.75) is 6.18 Å². The third-order valence-corrected chi connectivity index (χ3v) is 3.24. The van der Waals surface area contributed by atoms with Crippen LogP contribution in [0.5, 0.6) is 0 Å².